The molecule has 0 radical (unpaired) electrons. The Hall–Kier alpha value is -0.560. The van der Waals surface area contributed by atoms with Crippen LogP contribution in [0.3, 0.4) is 0 Å². The van der Waals surface area contributed by atoms with Crippen molar-refractivity contribution in [3.63, 3.8) is 0 Å². The highest BCUT2D eigenvalue weighted by atomic mass is 15.1. The second-order valence-electron chi connectivity index (χ2n) is 5.44. The quantitative estimate of drug-likeness (QED) is 0.681. The van der Waals surface area contributed by atoms with Crippen LogP contribution >= 0.6 is 0 Å². The van der Waals surface area contributed by atoms with Crippen molar-refractivity contribution in [3.8, 4) is 0 Å². The summed E-state index contributed by atoms with van der Waals surface area (Å²) < 4.78 is 0. The zero-order valence-corrected chi connectivity index (χ0v) is 11.4. The molecule has 1 rings (SSSR count). The molecule has 0 saturated heterocycles. The van der Waals surface area contributed by atoms with Crippen molar-refractivity contribution in [2.24, 2.45) is 5.92 Å². The van der Waals surface area contributed by atoms with Crippen LogP contribution in [0, 0.1) is 5.92 Å². The Morgan fingerprint density at radius 3 is 2.44 bits per heavy atom. The van der Waals surface area contributed by atoms with Crippen molar-refractivity contribution in [1.29, 1.82) is 0 Å². The van der Waals surface area contributed by atoms with Crippen molar-refractivity contribution in [2.75, 3.05) is 13.1 Å². The highest BCUT2D eigenvalue weighted by molar-refractivity contribution is 5.30. The molecule has 92 valence electrons. The lowest BCUT2D eigenvalue weighted by Crippen LogP contribution is -2.32. The van der Waals surface area contributed by atoms with Crippen molar-refractivity contribution >= 4 is 0 Å². The third kappa shape index (κ3) is 3.79. The highest BCUT2D eigenvalue weighted by Crippen LogP contribution is 2.24. The minimum Gasteiger partial charge on any atom is -0.301 e. The van der Waals surface area contributed by atoms with E-state index in [2.05, 4.69) is 45.2 Å². The third-order valence-electron chi connectivity index (χ3n) is 3.46. The predicted octanol–water partition coefficient (Wildman–Crippen LogP) is 4.02. The van der Waals surface area contributed by atoms with Gasteiger partial charge in [0.2, 0.25) is 0 Å². The zero-order chi connectivity index (χ0) is 12.1. The van der Waals surface area contributed by atoms with E-state index in [-0.39, 0.29) is 0 Å². The van der Waals surface area contributed by atoms with Crippen LogP contribution in [-0.2, 0) is 0 Å². The molecular weight excluding hydrogens is 194 g/mol. The molecule has 0 fully saturated rings. The molecule has 16 heavy (non-hydrogen) atoms. The van der Waals surface area contributed by atoms with Crippen molar-refractivity contribution in [1.82, 2.24) is 4.90 Å². The summed E-state index contributed by atoms with van der Waals surface area (Å²) in [5.41, 5.74) is 2.85. The van der Waals surface area contributed by atoms with E-state index in [0.717, 1.165) is 6.42 Å². The molecule has 1 heterocycles. The fourth-order valence-electron chi connectivity index (χ4n) is 2.44. The largest absolute Gasteiger partial charge is 0.301 e. The number of allylic oxidation sites excluding steroid dienone is 2. The van der Waals surface area contributed by atoms with Gasteiger partial charge in [0.25, 0.3) is 0 Å². The summed E-state index contributed by atoms with van der Waals surface area (Å²) in [4.78, 5) is 2.58. The summed E-state index contributed by atoms with van der Waals surface area (Å²) in [6.07, 6.45) is 5.99. The minimum atomic E-state index is 0.623. The molecule has 0 aliphatic carbocycles. The Kier molecular flexibility index (Phi) is 5.27. The maximum Gasteiger partial charge on any atom is 0.00387 e. The Morgan fingerprint density at radius 2 is 1.88 bits per heavy atom. The molecule has 1 heteroatoms. The zero-order valence-electron chi connectivity index (χ0n) is 11.4. The number of rotatable bonds is 2. The maximum atomic E-state index is 4.24. The van der Waals surface area contributed by atoms with Crippen LogP contribution in [0.4, 0.5) is 0 Å². The molecule has 0 spiro atoms. The van der Waals surface area contributed by atoms with Gasteiger partial charge in [0.05, 0.1) is 0 Å². The topological polar surface area (TPSA) is 3.24 Å². The van der Waals surface area contributed by atoms with Crippen molar-refractivity contribution in [2.45, 2.75) is 53.0 Å². The Bertz CT molecular complexity index is 261. The minimum absolute atomic E-state index is 0.623. The van der Waals surface area contributed by atoms with Crippen LogP contribution in [0.5, 0.6) is 0 Å². The van der Waals surface area contributed by atoms with E-state index >= 15 is 0 Å². The fourth-order valence-corrected chi connectivity index (χ4v) is 2.44. The average Bonchev–Trinajstić information content (AvgIpc) is 2.28. The second-order valence-corrected chi connectivity index (χ2v) is 5.44. The molecule has 0 amide bonds. The standard InChI is InChI=1S/C15H27N/c1-12(2)15-9-7-11-16(13(3)4)10-6-8-14(15)5/h9,12-13H,5-8,10-11H2,1-4H3. The lowest BCUT2D eigenvalue weighted by Gasteiger charge is -2.25. The molecule has 0 aromatic heterocycles. The summed E-state index contributed by atoms with van der Waals surface area (Å²) in [6.45, 7) is 15.8. The summed E-state index contributed by atoms with van der Waals surface area (Å²) in [6, 6.07) is 0.669. The first-order valence-electron chi connectivity index (χ1n) is 6.64. The van der Waals surface area contributed by atoms with Gasteiger partial charge in [0.1, 0.15) is 0 Å². The first-order chi connectivity index (χ1) is 7.52. The summed E-state index contributed by atoms with van der Waals surface area (Å²) in [7, 11) is 0. The van der Waals surface area contributed by atoms with Gasteiger partial charge in [0.15, 0.2) is 0 Å². The number of nitrogens with zero attached hydrogens (tertiary/aromatic N) is 1. The van der Waals surface area contributed by atoms with Crippen molar-refractivity contribution < 1.29 is 0 Å². The van der Waals surface area contributed by atoms with E-state index in [4.69, 9.17) is 0 Å². The Balaban J connectivity index is 2.70. The van der Waals surface area contributed by atoms with Gasteiger partial charge in [-0.3, -0.25) is 0 Å². The Morgan fingerprint density at radius 1 is 1.19 bits per heavy atom. The number of hydrogen-bond acceptors (Lipinski definition) is 1. The van der Waals surface area contributed by atoms with E-state index in [0.29, 0.717) is 12.0 Å². The lowest BCUT2D eigenvalue weighted by atomic mass is 9.93. The van der Waals surface area contributed by atoms with Crippen LogP contribution in [0.25, 0.3) is 0 Å². The van der Waals surface area contributed by atoms with E-state index in [1.54, 1.807) is 0 Å². The monoisotopic (exact) mass is 221 g/mol. The fraction of sp³-hybridized carbons (Fsp3) is 0.733. The average molecular weight is 221 g/mol. The predicted molar refractivity (Wildman–Crippen MR) is 72.6 cm³/mol. The van der Waals surface area contributed by atoms with Gasteiger partial charge in [-0.25, -0.2) is 0 Å². The third-order valence-corrected chi connectivity index (χ3v) is 3.46. The molecular formula is C15H27N. The van der Waals surface area contributed by atoms with Crippen LogP contribution in [0.2, 0.25) is 0 Å². The Labute approximate surface area is 101 Å². The van der Waals surface area contributed by atoms with Gasteiger partial charge in [-0.2, -0.15) is 0 Å². The first kappa shape index (κ1) is 13.5. The molecule has 0 bridgehead atoms. The molecule has 1 nitrogen and oxygen atoms in total. The molecule has 1 aliphatic heterocycles. The van der Waals surface area contributed by atoms with E-state index in [1.807, 2.05) is 0 Å². The van der Waals surface area contributed by atoms with Gasteiger partial charge in [-0.1, -0.05) is 32.1 Å². The lowest BCUT2D eigenvalue weighted by molar-refractivity contribution is 0.224. The molecule has 0 saturated carbocycles. The van der Waals surface area contributed by atoms with E-state index in [1.165, 1.54) is 37.1 Å². The summed E-state index contributed by atoms with van der Waals surface area (Å²) >= 11 is 0. The van der Waals surface area contributed by atoms with Gasteiger partial charge < -0.3 is 4.90 Å². The van der Waals surface area contributed by atoms with Crippen LogP contribution in [0.1, 0.15) is 47.0 Å². The van der Waals surface area contributed by atoms with Crippen LogP contribution < -0.4 is 0 Å². The van der Waals surface area contributed by atoms with E-state index in [9.17, 15) is 0 Å². The number of hydrogen-bond donors (Lipinski definition) is 0. The van der Waals surface area contributed by atoms with E-state index < -0.39 is 0 Å². The molecule has 0 unspecified atom stereocenters. The van der Waals surface area contributed by atoms with Gasteiger partial charge in [-0.05, 0) is 51.1 Å². The van der Waals surface area contributed by atoms with Crippen LogP contribution in [-0.4, -0.2) is 24.0 Å². The molecule has 0 aromatic rings. The van der Waals surface area contributed by atoms with Gasteiger partial charge in [-0.15, -0.1) is 0 Å². The van der Waals surface area contributed by atoms with Crippen LogP contribution in [0.15, 0.2) is 23.8 Å². The normalized spacial score (nSPS) is 20.6. The summed E-state index contributed by atoms with van der Waals surface area (Å²) in [5.74, 6) is 0.623. The van der Waals surface area contributed by atoms with Gasteiger partial charge >= 0.3 is 0 Å². The molecule has 1 aliphatic rings. The smallest absolute Gasteiger partial charge is 0.00387 e. The molecule has 0 atom stereocenters. The molecule has 0 aromatic carbocycles. The maximum absolute atomic E-state index is 4.24. The second kappa shape index (κ2) is 6.24. The first-order valence-corrected chi connectivity index (χ1v) is 6.64. The van der Waals surface area contributed by atoms with Crippen molar-refractivity contribution in [3.05, 3.63) is 23.8 Å². The molecule has 0 N–H and O–H groups in total. The van der Waals surface area contributed by atoms with Gasteiger partial charge in [0, 0.05) is 12.6 Å². The highest BCUT2D eigenvalue weighted by Gasteiger charge is 2.13. The summed E-state index contributed by atoms with van der Waals surface area (Å²) in [5, 5.41) is 0. The SMILES string of the molecule is C=C1CCCN(C(C)C)CCC=C1C(C)C.